The fraction of sp³-hybridized carbons (Fsp3) is 0.389. The van der Waals surface area contributed by atoms with Gasteiger partial charge in [-0.1, -0.05) is 19.1 Å². The van der Waals surface area contributed by atoms with Gasteiger partial charge in [0.25, 0.3) is 5.56 Å². The van der Waals surface area contributed by atoms with Gasteiger partial charge in [0.1, 0.15) is 11.6 Å². The minimum atomic E-state index is -0.305. The van der Waals surface area contributed by atoms with E-state index in [1.807, 2.05) is 18.7 Å². The van der Waals surface area contributed by atoms with E-state index in [2.05, 4.69) is 15.3 Å². The summed E-state index contributed by atoms with van der Waals surface area (Å²) in [6, 6.07) is 7.23. The van der Waals surface area contributed by atoms with E-state index in [-0.39, 0.29) is 29.9 Å². The van der Waals surface area contributed by atoms with Crippen LogP contribution in [0.25, 0.3) is 0 Å². The molecule has 1 amide bonds. The Morgan fingerprint density at radius 2 is 2.04 bits per heavy atom. The summed E-state index contributed by atoms with van der Waals surface area (Å²) in [5.41, 5.74) is 1.27. The van der Waals surface area contributed by atoms with E-state index in [1.165, 1.54) is 18.2 Å². The summed E-state index contributed by atoms with van der Waals surface area (Å²) in [5.74, 6) is 0.0897. The van der Waals surface area contributed by atoms with Crippen LogP contribution in [0.5, 0.6) is 0 Å². The van der Waals surface area contributed by atoms with Gasteiger partial charge in [0.15, 0.2) is 0 Å². The summed E-state index contributed by atoms with van der Waals surface area (Å²) in [6.45, 7) is 6.74. The van der Waals surface area contributed by atoms with Crippen molar-refractivity contribution in [2.45, 2.75) is 33.4 Å². The lowest BCUT2D eigenvalue weighted by Gasteiger charge is -2.26. The summed E-state index contributed by atoms with van der Waals surface area (Å²) < 4.78 is 12.9. The number of likely N-dealkylation sites (N-methyl/N-ethyl adjacent to an activating group) is 1. The molecule has 2 N–H and O–H groups in total. The van der Waals surface area contributed by atoms with Crippen molar-refractivity contribution in [3.8, 4) is 0 Å². The Morgan fingerprint density at radius 3 is 2.64 bits per heavy atom. The Balaban J connectivity index is 1.96. The van der Waals surface area contributed by atoms with Crippen LogP contribution in [0.4, 0.5) is 4.39 Å². The van der Waals surface area contributed by atoms with Gasteiger partial charge in [-0.25, -0.2) is 9.37 Å². The molecule has 1 aromatic carbocycles. The quantitative estimate of drug-likeness (QED) is 0.803. The maximum Gasteiger partial charge on any atom is 0.251 e. The third-order valence-corrected chi connectivity index (χ3v) is 3.99. The van der Waals surface area contributed by atoms with Crippen LogP contribution in [0.2, 0.25) is 0 Å². The highest BCUT2D eigenvalue weighted by Gasteiger charge is 2.19. The van der Waals surface area contributed by atoms with Gasteiger partial charge in [-0.05, 0) is 38.1 Å². The minimum absolute atomic E-state index is 0.145. The highest BCUT2D eigenvalue weighted by atomic mass is 19.1. The largest absolute Gasteiger partial charge is 0.351 e. The molecule has 0 spiro atoms. The number of carbonyl (C=O) groups is 1. The zero-order valence-electron chi connectivity index (χ0n) is 14.7. The van der Waals surface area contributed by atoms with Gasteiger partial charge in [0, 0.05) is 18.3 Å². The second kappa shape index (κ2) is 8.53. The predicted octanol–water partition coefficient (Wildman–Crippen LogP) is 1.92. The summed E-state index contributed by atoms with van der Waals surface area (Å²) in [7, 11) is 0. The molecule has 6 nitrogen and oxygen atoms in total. The van der Waals surface area contributed by atoms with Crippen molar-refractivity contribution >= 4 is 5.91 Å². The normalized spacial score (nSPS) is 12.2. The summed E-state index contributed by atoms with van der Waals surface area (Å²) in [5, 5.41) is 2.82. The minimum Gasteiger partial charge on any atom is -0.351 e. The van der Waals surface area contributed by atoms with Gasteiger partial charge in [0.2, 0.25) is 5.91 Å². The average molecular weight is 346 g/mol. The number of nitrogens with zero attached hydrogens (tertiary/aromatic N) is 2. The van der Waals surface area contributed by atoms with Gasteiger partial charge in [0.05, 0.1) is 12.6 Å². The molecular formula is C18H23FN4O2. The van der Waals surface area contributed by atoms with Crippen molar-refractivity contribution in [2.24, 2.45) is 0 Å². The number of hydrogen-bond donors (Lipinski definition) is 2. The van der Waals surface area contributed by atoms with E-state index in [9.17, 15) is 14.0 Å². The van der Waals surface area contributed by atoms with Gasteiger partial charge >= 0.3 is 0 Å². The van der Waals surface area contributed by atoms with Crippen LogP contribution >= 0.6 is 0 Å². The SMILES string of the molecule is CCN(CC(=O)NCc1ccc(F)cc1)[C@@H](C)c1nc(C)cc(=O)[nH]1. The fourth-order valence-corrected chi connectivity index (χ4v) is 2.54. The van der Waals surface area contributed by atoms with Crippen LogP contribution in [-0.4, -0.2) is 33.9 Å². The first kappa shape index (κ1) is 18.8. The smallest absolute Gasteiger partial charge is 0.251 e. The fourth-order valence-electron chi connectivity index (χ4n) is 2.54. The van der Waals surface area contributed by atoms with Crippen molar-refractivity contribution in [3.05, 3.63) is 63.6 Å². The number of aromatic amines is 1. The van der Waals surface area contributed by atoms with Gasteiger partial charge in [-0.3, -0.25) is 14.5 Å². The topological polar surface area (TPSA) is 78.1 Å². The second-order valence-corrected chi connectivity index (χ2v) is 5.91. The highest BCUT2D eigenvalue weighted by Crippen LogP contribution is 2.15. The lowest BCUT2D eigenvalue weighted by atomic mass is 10.2. The van der Waals surface area contributed by atoms with E-state index in [1.54, 1.807) is 19.1 Å². The molecule has 1 aromatic heterocycles. The van der Waals surface area contributed by atoms with Crippen LogP contribution < -0.4 is 10.9 Å². The summed E-state index contributed by atoms with van der Waals surface area (Å²) in [4.78, 5) is 32.8. The van der Waals surface area contributed by atoms with Gasteiger partial charge < -0.3 is 10.3 Å². The first-order valence-electron chi connectivity index (χ1n) is 8.22. The molecule has 0 fully saturated rings. The molecule has 1 heterocycles. The highest BCUT2D eigenvalue weighted by molar-refractivity contribution is 5.78. The van der Waals surface area contributed by atoms with E-state index in [0.717, 1.165) is 5.56 Å². The number of H-pyrrole nitrogens is 1. The van der Waals surface area contributed by atoms with Crippen molar-refractivity contribution in [1.82, 2.24) is 20.2 Å². The third kappa shape index (κ3) is 5.49. The first-order valence-corrected chi connectivity index (χ1v) is 8.22. The number of hydrogen-bond acceptors (Lipinski definition) is 4. The number of amides is 1. The second-order valence-electron chi connectivity index (χ2n) is 5.91. The Morgan fingerprint density at radius 1 is 1.36 bits per heavy atom. The van der Waals surface area contributed by atoms with Crippen LogP contribution in [0.1, 0.15) is 37.0 Å². The Labute approximate surface area is 146 Å². The molecule has 0 unspecified atom stereocenters. The maximum atomic E-state index is 12.9. The molecule has 2 aromatic rings. The number of nitrogens with one attached hydrogen (secondary N) is 2. The molecular weight excluding hydrogens is 323 g/mol. The maximum absolute atomic E-state index is 12.9. The average Bonchev–Trinajstić information content (AvgIpc) is 2.57. The summed E-state index contributed by atoms with van der Waals surface area (Å²) in [6.07, 6.45) is 0. The van der Waals surface area contributed by atoms with Crippen molar-refractivity contribution in [2.75, 3.05) is 13.1 Å². The number of carbonyl (C=O) groups excluding carboxylic acids is 1. The molecule has 25 heavy (non-hydrogen) atoms. The van der Waals surface area contributed by atoms with Crippen LogP contribution in [0, 0.1) is 12.7 Å². The molecule has 134 valence electrons. The van der Waals surface area contributed by atoms with E-state index in [0.29, 0.717) is 24.6 Å². The monoisotopic (exact) mass is 346 g/mol. The Kier molecular flexibility index (Phi) is 6.41. The molecule has 0 aliphatic rings. The van der Waals surface area contributed by atoms with E-state index < -0.39 is 0 Å². The van der Waals surface area contributed by atoms with E-state index >= 15 is 0 Å². The van der Waals surface area contributed by atoms with Crippen LogP contribution in [0.3, 0.4) is 0 Å². The number of rotatable bonds is 7. The van der Waals surface area contributed by atoms with Crippen molar-refractivity contribution < 1.29 is 9.18 Å². The first-order chi connectivity index (χ1) is 11.9. The van der Waals surface area contributed by atoms with Gasteiger partial charge in [-0.2, -0.15) is 0 Å². The molecule has 0 saturated carbocycles. The van der Waals surface area contributed by atoms with E-state index in [4.69, 9.17) is 0 Å². The van der Waals surface area contributed by atoms with Gasteiger partial charge in [-0.15, -0.1) is 0 Å². The molecule has 0 saturated heterocycles. The number of halogens is 1. The Hall–Kier alpha value is -2.54. The van der Waals surface area contributed by atoms with Crippen molar-refractivity contribution in [3.63, 3.8) is 0 Å². The standard InChI is InChI=1S/C18H23FN4O2/c1-4-23(13(3)18-21-12(2)9-16(24)22-18)11-17(25)20-10-14-5-7-15(19)8-6-14/h5-9,13H,4,10-11H2,1-3H3,(H,20,25)(H,21,22,24)/t13-/m0/s1. The Bertz CT molecular complexity index is 773. The molecule has 7 heteroatoms. The third-order valence-electron chi connectivity index (χ3n) is 3.99. The lowest BCUT2D eigenvalue weighted by Crippen LogP contribution is -2.39. The number of aromatic nitrogens is 2. The zero-order valence-corrected chi connectivity index (χ0v) is 14.7. The number of aryl methyl sites for hydroxylation is 1. The van der Waals surface area contributed by atoms with Crippen molar-refractivity contribution in [1.29, 1.82) is 0 Å². The molecule has 0 bridgehead atoms. The molecule has 0 aliphatic heterocycles. The molecule has 0 aliphatic carbocycles. The molecule has 2 rings (SSSR count). The lowest BCUT2D eigenvalue weighted by molar-refractivity contribution is -0.122. The van der Waals surface area contributed by atoms with Crippen LogP contribution in [0.15, 0.2) is 35.1 Å². The number of benzene rings is 1. The van der Waals surface area contributed by atoms with Crippen LogP contribution in [-0.2, 0) is 11.3 Å². The molecule has 1 atom stereocenters. The molecule has 0 radical (unpaired) electrons. The summed E-state index contributed by atoms with van der Waals surface area (Å²) >= 11 is 0. The predicted molar refractivity (Wildman–Crippen MR) is 93.5 cm³/mol. The zero-order chi connectivity index (χ0) is 18.4.